The number of aromatic nitrogens is 3. The first kappa shape index (κ1) is 25.0. The van der Waals surface area contributed by atoms with Gasteiger partial charge in [-0.25, -0.2) is 13.8 Å². The number of rotatable bonds is 8. The predicted molar refractivity (Wildman–Crippen MR) is 131 cm³/mol. The molecule has 0 bridgehead atoms. The number of aryl methyl sites for hydroxylation is 2. The zero-order chi connectivity index (χ0) is 26.3. The van der Waals surface area contributed by atoms with Gasteiger partial charge in [-0.2, -0.15) is 0 Å². The Morgan fingerprint density at radius 1 is 1.22 bits per heavy atom. The molecule has 3 heterocycles. The van der Waals surface area contributed by atoms with Gasteiger partial charge in [-0.15, -0.1) is 0 Å². The van der Waals surface area contributed by atoms with Crippen molar-refractivity contribution in [1.29, 1.82) is 0 Å². The predicted octanol–water partition coefficient (Wildman–Crippen LogP) is 5.80. The highest BCUT2D eigenvalue weighted by molar-refractivity contribution is 5.71. The van der Waals surface area contributed by atoms with E-state index in [2.05, 4.69) is 15.0 Å². The largest absolute Gasteiger partial charge is 0.481 e. The van der Waals surface area contributed by atoms with Crippen molar-refractivity contribution in [3.8, 4) is 22.9 Å². The molecule has 194 valence electrons. The molecule has 5 rings (SSSR count). The van der Waals surface area contributed by atoms with Gasteiger partial charge >= 0.3 is 5.97 Å². The van der Waals surface area contributed by atoms with Crippen LogP contribution in [-0.4, -0.2) is 32.6 Å². The summed E-state index contributed by atoms with van der Waals surface area (Å²) in [6, 6.07) is 5.06. The van der Waals surface area contributed by atoms with Crippen LogP contribution in [0.4, 0.5) is 8.78 Å². The Morgan fingerprint density at radius 3 is 2.68 bits per heavy atom. The molecule has 0 radical (unpaired) electrons. The van der Waals surface area contributed by atoms with E-state index < -0.39 is 35.5 Å². The Kier molecular flexibility index (Phi) is 6.79. The number of aliphatic carboxylic acids is 1. The molecule has 0 amide bonds. The van der Waals surface area contributed by atoms with Crippen LogP contribution in [0.15, 0.2) is 30.6 Å². The molecule has 0 saturated heterocycles. The maximum atomic E-state index is 15.8. The van der Waals surface area contributed by atoms with Crippen molar-refractivity contribution in [2.45, 2.75) is 58.5 Å². The zero-order valence-corrected chi connectivity index (χ0v) is 21.0. The molecule has 1 aromatic carbocycles. The normalized spacial score (nSPS) is 18.5. The first-order chi connectivity index (χ1) is 17.8. The highest BCUT2D eigenvalue weighted by Crippen LogP contribution is 2.49. The minimum atomic E-state index is -0.933. The molecule has 0 unspecified atom stereocenters. The first-order valence-corrected chi connectivity index (χ1v) is 12.6. The average molecular weight is 510 g/mol. The van der Waals surface area contributed by atoms with Crippen molar-refractivity contribution in [2.24, 2.45) is 11.8 Å². The van der Waals surface area contributed by atoms with E-state index in [0.717, 1.165) is 24.6 Å². The fraction of sp³-hybridized carbons (Fsp3) is 0.429. The number of halogens is 2. The van der Waals surface area contributed by atoms with Crippen molar-refractivity contribution in [2.75, 3.05) is 6.61 Å². The Labute approximate surface area is 213 Å². The quantitative estimate of drug-likeness (QED) is 0.410. The molecule has 0 spiro atoms. The topological polar surface area (TPSA) is 94.4 Å². The minimum absolute atomic E-state index is 0.155. The van der Waals surface area contributed by atoms with Crippen molar-refractivity contribution >= 4 is 5.97 Å². The van der Waals surface area contributed by atoms with Crippen LogP contribution in [0.1, 0.15) is 67.6 Å². The number of fused-ring (bicyclic) bond motifs is 1. The molecule has 9 heteroatoms. The van der Waals surface area contributed by atoms with Crippen LogP contribution in [0, 0.1) is 30.4 Å². The Balaban J connectivity index is 1.43. The number of carboxylic acids is 1. The van der Waals surface area contributed by atoms with E-state index in [1.165, 1.54) is 12.3 Å². The van der Waals surface area contributed by atoms with Crippen LogP contribution in [0.3, 0.4) is 0 Å². The molecule has 3 aromatic rings. The van der Waals surface area contributed by atoms with Crippen LogP contribution < -0.4 is 9.47 Å². The van der Waals surface area contributed by atoms with Crippen LogP contribution in [-0.2, 0) is 11.2 Å². The lowest BCUT2D eigenvalue weighted by molar-refractivity contribution is -0.142. The van der Waals surface area contributed by atoms with Gasteiger partial charge in [0.25, 0.3) is 0 Å². The minimum Gasteiger partial charge on any atom is -0.481 e. The number of hydrogen-bond acceptors (Lipinski definition) is 6. The SMILES string of the molecule is CCOc1cc(-c2ncc([C@@H]3CCc4ccc([C@H](C5CC5)[C@H](C)C(=O)O)c(F)c4O3)nc2C)c(F)cn1. The number of hydrogen-bond donors (Lipinski definition) is 1. The van der Waals surface area contributed by atoms with Crippen LogP contribution >= 0.6 is 0 Å². The Bertz CT molecular complexity index is 1350. The molecule has 37 heavy (non-hydrogen) atoms. The zero-order valence-electron chi connectivity index (χ0n) is 21.0. The number of ether oxygens (including phenoxy) is 2. The number of carbonyl (C=O) groups is 1. The lowest BCUT2D eigenvalue weighted by Gasteiger charge is -2.29. The number of benzene rings is 1. The maximum Gasteiger partial charge on any atom is 0.306 e. The monoisotopic (exact) mass is 509 g/mol. The lowest BCUT2D eigenvalue weighted by atomic mass is 9.82. The second-order valence-electron chi connectivity index (χ2n) is 9.76. The van der Waals surface area contributed by atoms with Gasteiger partial charge in [0.2, 0.25) is 5.88 Å². The van der Waals surface area contributed by atoms with E-state index in [1.807, 2.05) is 13.0 Å². The summed E-state index contributed by atoms with van der Waals surface area (Å²) < 4.78 is 41.8. The summed E-state index contributed by atoms with van der Waals surface area (Å²) in [5.41, 5.74) is 2.77. The van der Waals surface area contributed by atoms with Gasteiger partial charge in [0, 0.05) is 17.5 Å². The van der Waals surface area contributed by atoms with Crippen LogP contribution in [0.5, 0.6) is 11.6 Å². The van der Waals surface area contributed by atoms with Gasteiger partial charge in [0.1, 0.15) is 6.10 Å². The second kappa shape index (κ2) is 10.0. The third kappa shape index (κ3) is 4.86. The fourth-order valence-electron chi connectivity index (χ4n) is 5.18. The van der Waals surface area contributed by atoms with Gasteiger partial charge in [-0.1, -0.05) is 19.1 Å². The summed E-state index contributed by atoms with van der Waals surface area (Å²) in [7, 11) is 0. The smallest absolute Gasteiger partial charge is 0.306 e. The molecule has 1 aliphatic heterocycles. The molecule has 2 aliphatic rings. The van der Waals surface area contributed by atoms with E-state index in [4.69, 9.17) is 9.47 Å². The van der Waals surface area contributed by atoms with Gasteiger partial charge in [-0.3, -0.25) is 14.8 Å². The summed E-state index contributed by atoms with van der Waals surface area (Å²) in [5.74, 6) is -2.44. The molecule has 1 fully saturated rings. The fourth-order valence-corrected chi connectivity index (χ4v) is 5.18. The highest BCUT2D eigenvalue weighted by atomic mass is 19.1. The molecular weight excluding hydrogens is 480 g/mol. The standard InChI is InChI=1S/C28H29F2N3O4/c1-4-36-23-11-19(20(29)12-31-23)26-15(3)33-21(13-32-26)22-10-8-17-7-9-18(25(30)27(17)37-22)24(16-5-6-16)14(2)28(34)35/h7,9,11-14,16,22,24H,4-6,8,10H2,1-3H3,(H,34,35)/t14-,22-,24-/m0/s1. The molecule has 1 aliphatic carbocycles. The third-order valence-electron chi connectivity index (χ3n) is 7.23. The second-order valence-corrected chi connectivity index (χ2v) is 9.76. The average Bonchev–Trinajstić information content (AvgIpc) is 3.72. The number of pyridine rings is 1. The van der Waals surface area contributed by atoms with E-state index in [0.29, 0.717) is 48.0 Å². The van der Waals surface area contributed by atoms with Crippen LogP contribution in [0.25, 0.3) is 11.3 Å². The summed E-state index contributed by atoms with van der Waals surface area (Å²) in [4.78, 5) is 24.7. The van der Waals surface area contributed by atoms with Crippen molar-refractivity contribution in [1.82, 2.24) is 15.0 Å². The van der Waals surface area contributed by atoms with E-state index in [-0.39, 0.29) is 17.2 Å². The van der Waals surface area contributed by atoms with E-state index in [1.54, 1.807) is 19.9 Å². The summed E-state index contributed by atoms with van der Waals surface area (Å²) >= 11 is 0. The summed E-state index contributed by atoms with van der Waals surface area (Å²) in [5, 5.41) is 9.60. The molecule has 2 aromatic heterocycles. The Hall–Kier alpha value is -3.62. The maximum absolute atomic E-state index is 15.8. The molecule has 7 nitrogen and oxygen atoms in total. The number of nitrogens with zero attached hydrogens (tertiary/aromatic N) is 3. The van der Waals surface area contributed by atoms with Gasteiger partial charge in [0.15, 0.2) is 17.4 Å². The lowest BCUT2D eigenvalue weighted by Crippen LogP contribution is -2.23. The molecule has 3 atom stereocenters. The molecule has 1 N–H and O–H groups in total. The summed E-state index contributed by atoms with van der Waals surface area (Å²) in [6.07, 6.45) is 5.04. The van der Waals surface area contributed by atoms with Gasteiger partial charge in [-0.05, 0) is 56.6 Å². The van der Waals surface area contributed by atoms with Crippen molar-refractivity contribution in [3.63, 3.8) is 0 Å². The molecule has 1 saturated carbocycles. The number of carboxylic acid groups (broad SMARTS) is 1. The summed E-state index contributed by atoms with van der Waals surface area (Å²) in [6.45, 7) is 5.58. The third-order valence-corrected chi connectivity index (χ3v) is 7.23. The van der Waals surface area contributed by atoms with Crippen molar-refractivity contribution in [3.05, 3.63) is 64.7 Å². The first-order valence-electron chi connectivity index (χ1n) is 12.6. The highest BCUT2D eigenvalue weighted by Gasteiger charge is 2.41. The van der Waals surface area contributed by atoms with Crippen LogP contribution in [0.2, 0.25) is 0 Å². The van der Waals surface area contributed by atoms with Gasteiger partial charge < -0.3 is 14.6 Å². The van der Waals surface area contributed by atoms with Gasteiger partial charge in [0.05, 0.1) is 42.0 Å². The van der Waals surface area contributed by atoms with Crippen molar-refractivity contribution < 1.29 is 28.2 Å². The van der Waals surface area contributed by atoms with E-state index in [9.17, 15) is 14.3 Å². The molecular formula is C28H29F2N3O4. The Morgan fingerprint density at radius 2 is 2.00 bits per heavy atom. The van der Waals surface area contributed by atoms with E-state index >= 15 is 4.39 Å².